The molecule has 0 aromatic heterocycles. The molecule has 1 aliphatic heterocycles. The summed E-state index contributed by atoms with van der Waals surface area (Å²) in [5.41, 5.74) is 17.4. The van der Waals surface area contributed by atoms with Crippen molar-refractivity contribution in [3.05, 3.63) is 95.0 Å². The highest BCUT2D eigenvalue weighted by Gasteiger charge is 2.24. The summed E-state index contributed by atoms with van der Waals surface area (Å²) in [6.07, 6.45) is 7.90. The molecular weight excluding hydrogens is 467 g/mol. The van der Waals surface area contributed by atoms with E-state index in [0.29, 0.717) is 22.7 Å². The van der Waals surface area contributed by atoms with Crippen molar-refractivity contribution in [2.45, 2.75) is 71.3 Å². The molecule has 1 atom stereocenters. The molecule has 3 nitrogen and oxygen atoms in total. The van der Waals surface area contributed by atoms with Crippen molar-refractivity contribution in [2.24, 2.45) is 5.73 Å². The minimum Gasteiger partial charge on any atom is -0.490 e. The fourth-order valence-corrected chi connectivity index (χ4v) is 5.11. The van der Waals surface area contributed by atoms with Gasteiger partial charge in [-0.15, -0.1) is 11.8 Å². The van der Waals surface area contributed by atoms with Gasteiger partial charge in [0.15, 0.2) is 0 Å². The summed E-state index contributed by atoms with van der Waals surface area (Å²) in [6.45, 7) is 13.7. The number of anilines is 1. The van der Waals surface area contributed by atoms with Crippen LogP contribution in [0.4, 0.5) is 10.1 Å². The highest BCUT2D eigenvalue weighted by Crippen LogP contribution is 2.44. The van der Waals surface area contributed by atoms with Gasteiger partial charge in [0.05, 0.1) is 6.10 Å². The Balaban J connectivity index is 0.00000145. The number of hydrogen-bond donors (Lipinski definition) is 2. The van der Waals surface area contributed by atoms with Crippen LogP contribution in [0.15, 0.2) is 88.8 Å². The summed E-state index contributed by atoms with van der Waals surface area (Å²) in [6, 6.07) is 14.0. The van der Waals surface area contributed by atoms with Gasteiger partial charge >= 0.3 is 0 Å². The molecule has 0 radical (unpaired) electrons. The van der Waals surface area contributed by atoms with Crippen molar-refractivity contribution in [1.82, 2.24) is 0 Å². The first-order valence-electron chi connectivity index (χ1n) is 12.8. The van der Waals surface area contributed by atoms with E-state index in [1.807, 2.05) is 30.3 Å². The number of thioether (sulfide) groups is 1. The number of halogens is 1. The molecule has 0 aliphatic carbocycles. The number of benzene rings is 2. The minimum absolute atomic E-state index is 0.212. The summed E-state index contributed by atoms with van der Waals surface area (Å²) in [7, 11) is 0. The Labute approximate surface area is 221 Å². The molecular formula is C31H41FN2OS. The Morgan fingerprint density at radius 3 is 2.33 bits per heavy atom. The van der Waals surface area contributed by atoms with Crippen molar-refractivity contribution in [2.75, 3.05) is 11.5 Å². The highest BCUT2D eigenvalue weighted by atomic mass is 32.2. The van der Waals surface area contributed by atoms with Gasteiger partial charge in [0.1, 0.15) is 11.6 Å². The zero-order valence-electron chi connectivity index (χ0n) is 22.4. The maximum atomic E-state index is 14.7. The van der Waals surface area contributed by atoms with Crippen LogP contribution in [-0.4, -0.2) is 11.9 Å². The summed E-state index contributed by atoms with van der Waals surface area (Å²) in [4.78, 5) is 1.09. The smallest absolute Gasteiger partial charge is 0.119 e. The van der Waals surface area contributed by atoms with E-state index in [1.54, 1.807) is 23.9 Å². The predicted octanol–water partition coefficient (Wildman–Crippen LogP) is 8.82. The lowest BCUT2D eigenvalue weighted by molar-refractivity contribution is 0.186. The second kappa shape index (κ2) is 14.6. The van der Waals surface area contributed by atoms with Gasteiger partial charge in [0.25, 0.3) is 0 Å². The third-order valence-corrected chi connectivity index (χ3v) is 6.70. The lowest BCUT2D eigenvalue weighted by Crippen LogP contribution is -2.14. The third kappa shape index (κ3) is 8.06. The molecule has 1 aliphatic rings. The predicted molar refractivity (Wildman–Crippen MR) is 156 cm³/mol. The van der Waals surface area contributed by atoms with Crippen molar-refractivity contribution >= 4 is 23.0 Å². The number of nitrogens with two attached hydrogens (primary N) is 2. The summed E-state index contributed by atoms with van der Waals surface area (Å²) < 4.78 is 20.9. The Bertz CT molecular complexity index is 1110. The van der Waals surface area contributed by atoms with E-state index in [-0.39, 0.29) is 11.9 Å². The SMILES string of the molecule is C=C(N)/C=C\C(C1=C(c2ccc(OC(CC)CCC)cc2)c2ccc(N)cc2SC1)=C(/C)F.CCC. The van der Waals surface area contributed by atoms with Crippen molar-refractivity contribution in [3.63, 3.8) is 0 Å². The van der Waals surface area contributed by atoms with Gasteiger partial charge in [-0.2, -0.15) is 0 Å². The number of ether oxygens (including phenoxy) is 1. The summed E-state index contributed by atoms with van der Waals surface area (Å²) in [5, 5.41) is 0. The zero-order valence-corrected chi connectivity index (χ0v) is 23.2. The van der Waals surface area contributed by atoms with Gasteiger partial charge in [-0.3, -0.25) is 0 Å². The van der Waals surface area contributed by atoms with Crippen LogP contribution in [-0.2, 0) is 0 Å². The molecule has 36 heavy (non-hydrogen) atoms. The quantitative estimate of drug-likeness (QED) is 0.262. The molecule has 4 N–H and O–H groups in total. The Morgan fingerprint density at radius 1 is 1.11 bits per heavy atom. The molecule has 194 valence electrons. The van der Waals surface area contributed by atoms with E-state index in [9.17, 15) is 4.39 Å². The van der Waals surface area contributed by atoms with Crippen LogP contribution >= 0.6 is 11.8 Å². The molecule has 0 spiro atoms. The normalized spacial score (nSPS) is 14.5. The summed E-state index contributed by atoms with van der Waals surface area (Å²) >= 11 is 1.66. The van der Waals surface area contributed by atoms with Crippen LogP contribution in [0.5, 0.6) is 5.75 Å². The van der Waals surface area contributed by atoms with Gasteiger partial charge in [0.2, 0.25) is 0 Å². The first-order valence-corrected chi connectivity index (χ1v) is 13.8. The number of nitrogen functional groups attached to an aromatic ring is 1. The standard InChI is InChI=1S/C28H33FN2OS.C3H8/c1-5-7-22(6-2)32-23-12-9-20(10-13-23)28-25-15-11-21(31)16-27(25)33-17-26(28)24(19(4)29)14-8-18(3)30;1-3-2/h8-16,22H,3,5-7,17,30-31H2,1-2,4H3;3H2,1-2H3/b14-8-,24-19-;. The molecule has 1 heterocycles. The molecule has 0 bridgehead atoms. The van der Waals surface area contributed by atoms with E-state index in [0.717, 1.165) is 52.2 Å². The molecule has 5 heteroatoms. The average Bonchev–Trinajstić information content (AvgIpc) is 2.84. The second-order valence-corrected chi connectivity index (χ2v) is 9.94. The molecule has 0 amide bonds. The Kier molecular flexibility index (Phi) is 11.9. The first kappa shape index (κ1) is 29.3. The molecule has 0 saturated carbocycles. The fraction of sp³-hybridized carbons (Fsp3) is 0.355. The maximum absolute atomic E-state index is 14.7. The molecule has 2 aromatic rings. The number of hydrogen-bond acceptors (Lipinski definition) is 4. The molecule has 0 saturated heterocycles. The van der Waals surface area contributed by atoms with Crippen LogP contribution in [0.25, 0.3) is 5.57 Å². The largest absolute Gasteiger partial charge is 0.490 e. The third-order valence-electron chi connectivity index (χ3n) is 5.62. The number of rotatable bonds is 9. The van der Waals surface area contributed by atoms with Gasteiger partial charge < -0.3 is 16.2 Å². The minimum atomic E-state index is -0.259. The maximum Gasteiger partial charge on any atom is 0.119 e. The molecule has 0 fully saturated rings. The van der Waals surface area contributed by atoms with Gasteiger partial charge in [-0.05, 0) is 72.4 Å². The van der Waals surface area contributed by atoms with E-state index in [2.05, 4.69) is 46.4 Å². The number of fused-ring (bicyclic) bond motifs is 1. The number of allylic oxidation sites excluding steroid dienone is 4. The lowest BCUT2D eigenvalue weighted by atomic mass is 9.89. The second-order valence-electron chi connectivity index (χ2n) is 8.92. The molecule has 1 unspecified atom stereocenters. The van der Waals surface area contributed by atoms with Crippen molar-refractivity contribution < 1.29 is 9.13 Å². The lowest BCUT2D eigenvalue weighted by Gasteiger charge is -2.25. The first-order chi connectivity index (χ1) is 17.2. The topological polar surface area (TPSA) is 61.3 Å². The van der Waals surface area contributed by atoms with Gasteiger partial charge in [-0.1, -0.05) is 71.4 Å². The van der Waals surface area contributed by atoms with Crippen molar-refractivity contribution in [3.8, 4) is 5.75 Å². The Morgan fingerprint density at radius 2 is 1.78 bits per heavy atom. The average molecular weight is 509 g/mol. The van der Waals surface area contributed by atoms with E-state index in [1.165, 1.54) is 13.3 Å². The molecule has 3 rings (SSSR count). The molecule has 2 aromatic carbocycles. The monoisotopic (exact) mass is 508 g/mol. The summed E-state index contributed by atoms with van der Waals surface area (Å²) in [5.74, 6) is 1.21. The van der Waals surface area contributed by atoms with Crippen LogP contribution < -0.4 is 16.2 Å². The zero-order chi connectivity index (χ0) is 26.7. The van der Waals surface area contributed by atoms with Gasteiger partial charge in [-0.25, -0.2) is 4.39 Å². The Hall–Kier alpha value is -2.92. The van der Waals surface area contributed by atoms with Crippen LogP contribution in [0.1, 0.15) is 71.4 Å². The van der Waals surface area contributed by atoms with E-state index < -0.39 is 0 Å². The van der Waals surface area contributed by atoms with Crippen molar-refractivity contribution in [1.29, 1.82) is 0 Å². The van der Waals surface area contributed by atoms with E-state index >= 15 is 0 Å². The van der Waals surface area contributed by atoms with Crippen LogP contribution in [0.3, 0.4) is 0 Å². The fourth-order valence-electron chi connectivity index (χ4n) is 3.97. The van der Waals surface area contributed by atoms with Gasteiger partial charge in [0, 0.05) is 27.6 Å². The van der Waals surface area contributed by atoms with E-state index in [4.69, 9.17) is 16.2 Å². The van der Waals surface area contributed by atoms with Crippen LogP contribution in [0, 0.1) is 0 Å². The highest BCUT2D eigenvalue weighted by molar-refractivity contribution is 7.99. The van der Waals surface area contributed by atoms with Crippen LogP contribution in [0.2, 0.25) is 0 Å².